The van der Waals surface area contributed by atoms with Crippen molar-refractivity contribution in [2.45, 2.75) is 46.5 Å². The highest BCUT2D eigenvalue weighted by atomic mass is 15.1. The van der Waals surface area contributed by atoms with Gasteiger partial charge in [0.15, 0.2) is 0 Å². The van der Waals surface area contributed by atoms with Gasteiger partial charge in [-0.1, -0.05) is 6.07 Å². The van der Waals surface area contributed by atoms with Gasteiger partial charge in [0.05, 0.1) is 12.0 Å². The van der Waals surface area contributed by atoms with E-state index in [9.17, 15) is 5.26 Å². The number of aryl methyl sites for hydroxylation is 2. The van der Waals surface area contributed by atoms with E-state index in [1.54, 1.807) is 0 Å². The zero-order valence-corrected chi connectivity index (χ0v) is 12.6. The van der Waals surface area contributed by atoms with Crippen LogP contribution >= 0.6 is 0 Å². The number of benzene rings is 1. The third-order valence-corrected chi connectivity index (χ3v) is 4.57. The largest absolute Gasteiger partial charge is 0.302 e. The Labute approximate surface area is 117 Å². The molecule has 0 amide bonds. The summed E-state index contributed by atoms with van der Waals surface area (Å²) in [5.74, 6) is 0.0108. The van der Waals surface area contributed by atoms with E-state index in [-0.39, 0.29) is 5.92 Å². The number of likely N-dealkylation sites (tertiary alicyclic amines) is 1. The van der Waals surface area contributed by atoms with Crippen molar-refractivity contribution in [3.63, 3.8) is 0 Å². The summed E-state index contributed by atoms with van der Waals surface area (Å²) < 4.78 is 0. The van der Waals surface area contributed by atoms with E-state index in [4.69, 9.17) is 0 Å². The third kappa shape index (κ3) is 2.82. The Morgan fingerprint density at radius 3 is 2.11 bits per heavy atom. The Kier molecular flexibility index (Phi) is 4.27. The predicted octanol–water partition coefficient (Wildman–Crippen LogP) is 3.62. The van der Waals surface area contributed by atoms with Gasteiger partial charge in [-0.3, -0.25) is 0 Å². The second kappa shape index (κ2) is 5.75. The fourth-order valence-corrected chi connectivity index (χ4v) is 3.19. The second-order valence-electron chi connectivity index (χ2n) is 5.86. The molecule has 1 aliphatic heterocycles. The van der Waals surface area contributed by atoms with Crippen molar-refractivity contribution < 1.29 is 0 Å². The highest BCUT2D eigenvalue weighted by molar-refractivity contribution is 5.47. The van der Waals surface area contributed by atoms with E-state index in [0.29, 0.717) is 0 Å². The van der Waals surface area contributed by atoms with Crippen molar-refractivity contribution in [1.82, 2.24) is 4.90 Å². The molecule has 19 heavy (non-hydrogen) atoms. The van der Waals surface area contributed by atoms with Gasteiger partial charge in [0.25, 0.3) is 0 Å². The van der Waals surface area contributed by atoms with E-state index in [1.165, 1.54) is 40.7 Å². The molecular weight excluding hydrogens is 232 g/mol. The van der Waals surface area contributed by atoms with Gasteiger partial charge in [-0.25, -0.2) is 0 Å². The lowest BCUT2D eigenvalue weighted by molar-refractivity contribution is 0.331. The molecule has 1 atom stereocenters. The maximum atomic E-state index is 9.59. The average molecular weight is 256 g/mol. The molecule has 1 aromatic rings. The molecule has 1 unspecified atom stereocenters. The van der Waals surface area contributed by atoms with Crippen LogP contribution in [0.1, 0.15) is 46.6 Å². The van der Waals surface area contributed by atoms with Gasteiger partial charge in [0, 0.05) is 6.54 Å². The predicted molar refractivity (Wildman–Crippen MR) is 79.4 cm³/mol. The summed E-state index contributed by atoms with van der Waals surface area (Å²) in [6.07, 6.45) is 2.56. The molecule has 2 nitrogen and oxygen atoms in total. The van der Waals surface area contributed by atoms with Crippen molar-refractivity contribution >= 4 is 0 Å². The van der Waals surface area contributed by atoms with Crippen LogP contribution in [0.25, 0.3) is 0 Å². The molecule has 0 spiro atoms. The van der Waals surface area contributed by atoms with E-state index in [2.05, 4.69) is 44.7 Å². The van der Waals surface area contributed by atoms with Crippen LogP contribution in [0, 0.1) is 39.0 Å². The summed E-state index contributed by atoms with van der Waals surface area (Å²) in [6, 6.07) is 4.77. The summed E-state index contributed by atoms with van der Waals surface area (Å²) in [5, 5.41) is 9.59. The highest BCUT2D eigenvalue weighted by Gasteiger charge is 2.22. The van der Waals surface area contributed by atoms with E-state index in [1.807, 2.05) is 0 Å². The average Bonchev–Trinajstić information content (AvgIpc) is 2.88. The van der Waals surface area contributed by atoms with Gasteiger partial charge in [-0.15, -0.1) is 0 Å². The monoisotopic (exact) mass is 256 g/mol. The lowest BCUT2D eigenvalue weighted by Gasteiger charge is -2.23. The number of hydrogen-bond acceptors (Lipinski definition) is 2. The third-order valence-electron chi connectivity index (χ3n) is 4.57. The Morgan fingerprint density at radius 2 is 1.63 bits per heavy atom. The fourth-order valence-electron chi connectivity index (χ4n) is 3.19. The molecule has 0 aliphatic carbocycles. The van der Waals surface area contributed by atoms with Crippen molar-refractivity contribution in [2.75, 3.05) is 19.6 Å². The Balaban J connectivity index is 2.35. The van der Waals surface area contributed by atoms with Crippen molar-refractivity contribution in [1.29, 1.82) is 5.26 Å². The molecule has 1 aliphatic rings. The van der Waals surface area contributed by atoms with Crippen LogP contribution in [0.5, 0.6) is 0 Å². The summed E-state index contributed by atoms with van der Waals surface area (Å²) in [5.41, 5.74) is 6.48. The first-order valence-corrected chi connectivity index (χ1v) is 7.24. The minimum Gasteiger partial charge on any atom is -0.302 e. The normalized spacial score (nSPS) is 17.4. The second-order valence-corrected chi connectivity index (χ2v) is 5.86. The Hall–Kier alpha value is -1.33. The topological polar surface area (TPSA) is 27.0 Å². The molecule has 0 N–H and O–H groups in total. The van der Waals surface area contributed by atoms with Crippen LogP contribution in [-0.4, -0.2) is 24.5 Å². The molecule has 1 saturated heterocycles. The van der Waals surface area contributed by atoms with Crippen molar-refractivity contribution in [3.8, 4) is 6.07 Å². The zero-order chi connectivity index (χ0) is 14.0. The molecule has 1 heterocycles. The summed E-state index contributed by atoms with van der Waals surface area (Å²) in [6.45, 7) is 11.8. The summed E-state index contributed by atoms with van der Waals surface area (Å²) in [4.78, 5) is 2.43. The molecular formula is C17H24N2. The summed E-state index contributed by atoms with van der Waals surface area (Å²) >= 11 is 0. The molecule has 0 saturated carbocycles. The lowest BCUT2D eigenvalue weighted by atomic mass is 9.86. The number of hydrogen-bond donors (Lipinski definition) is 0. The fraction of sp³-hybridized carbons (Fsp3) is 0.588. The SMILES string of the molecule is Cc1cc(C)c(C)c(C(C#N)CN2CCCC2)c1C. The maximum Gasteiger partial charge on any atom is 0.0844 e. The van der Waals surface area contributed by atoms with Crippen molar-refractivity contribution in [3.05, 3.63) is 33.9 Å². The molecule has 0 bridgehead atoms. The first-order valence-electron chi connectivity index (χ1n) is 7.24. The van der Waals surface area contributed by atoms with E-state index < -0.39 is 0 Å². The van der Waals surface area contributed by atoms with Gasteiger partial charge in [-0.05, 0) is 81.4 Å². The smallest absolute Gasteiger partial charge is 0.0844 e. The molecule has 1 aromatic carbocycles. The number of nitrogens with zero attached hydrogens (tertiary/aromatic N) is 2. The van der Waals surface area contributed by atoms with Crippen LogP contribution < -0.4 is 0 Å². The quantitative estimate of drug-likeness (QED) is 0.826. The first kappa shape index (κ1) is 14.1. The molecule has 102 valence electrons. The standard InChI is InChI=1S/C17H24N2/c1-12-9-13(2)15(4)17(14(12)3)16(10-18)11-19-7-5-6-8-19/h9,16H,5-8,11H2,1-4H3. The van der Waals surface area contributed by atoms with E-state index in [0.717, 1.165) is 19.6 Å². The minimum atomic E-state index is 0.0108. The van der Waals surface area contributed by atoms with Crippen LogP contribution in [0.4, 0.5) is 0 Å². The first-order chi connectivity index (χ1) is 9.04. The number of rotatable bonds is 3. The van der Waals surface area contributed by atoms with E-state index >= 15 is 0 Å². The zero-order valence-electron chi connectivity index (χ0n) is 12.6. The van der Waals surface area contributed by atoms with Gasteiger partial charge in [0.2, 0.25) is 0 Å². The van der Waals surface area contributed by atoms with Crippen LogP contribution in [0.2, 0.25) is 0 Å². The van der Waals surface area contributed by atoms with Gasteiger partial charge >= 0.3 is 0 Å². The number of nitriles is 1. The van der Waals surface area contributed by atoms with Crippen LogP contribution in [0.15, 0.2) is 6.07 Å². The lowest BCUT2D eigenvalue weighted by Crippen LogP contribution is -2.26. The minimum absolute atomic E-state index is 0.0108. The molecule has 1 fully saturated rings. The molecule has 2 heteroatoms. The highest BCUT2D eigenvalue weighted by Crippen LogP contribution is 2.29. The Bertz CT molecular complexity index is 479. The van der Waals surface area contributed by atoms with Crippen LogP contribution in [0.3, 0.4) is 0 Å². The van der Waals surface area contributed by atoms with Gasteiger partial charge in [0.1, 0.15) is 0 Å². The maximum absolute atomic E-state index is 9.59. The van der Waals surface area contributed by atoms with Crippen molar-refractivity contribution in [2.24, 2.45) is 0 Å². The Morgan fingerprint density at radius 1 is 1.11 bits per heavy atom. The molecule has 2 rings (SSSR count). The molecule has 0 aromatic heterocycles. The van der Waals surface area contributed by atoms with Gasteiger partial charge < -0.3 is 4.90 Å². The summed E-state index contributed by atoms with van der Waals surface area (Å²) in [7, 11) is 0. The van der Waals surface area contributed by atoms with Crippen LogP contribution in [-0.2, 0) is 0 Å². The van der Waals surface area contributed by atoms with Gasteiger partial charge in [-0.2, -0.15) is 5.26 Å². The molecule has 0 radical (unpaired) electrons.